The number of hydrazine groups is 1. The fourth-order valence-corrected chi connectivity index (χ4v) is 1.67. The molecule has 2 aromatic rings. The Morgan fingerprint density at radius 2 is 1.95 bits per heavy atom. The molecule has 0 saturated heterocycles. The van der Waals surface area contributed by atoms with Crippen molar-refractivity contribution in [2.45, 2.75) is 12.8 Å². The first-order valence-corrected chi connectivity index (χ1v) is 6.34. The van der Waals surface area contributed by atoms with E-state index in [9.17, 15) is 14.9 Å². The number of hydrogen-bond acceptors (Lipinski definition) is 5. The fraction of sp³-hybridized carbons (Fsp3) is 0.143. The molecule has 1 amide bonds. The van der Waals surface area contributed by atoms with E-state index in [1.807, 2.05) is 30.3 Å². The van der Waals surface area contributed by atoms with Crippen LogP contribution in [0.2, 0.25) is 0 Å². The van der Waals surface area contributed by atoms with Gasteiger partial charge in [-0.25, -0.2) is 4.98 Å². The number of nitrogens with one attached hydrogen (secondary N) is 2. The predicted octanol–water partition coefficient (Wildman–Crippen LogP) is 2.07. The second kappa shape index (κ2) is 6.99. The summed E-state index contributed by atoms with van der Waals surface area (Å²) in [5.41, 5.74) is 6.09. The number of nitro groups is 1. The number of benzene rings is 1. The number of aryl methyl sites for hydroxylation is 1. The Kier molecular flexibility index (Phi) is 4.81. The number of hydrogen-bond donors (Lipinski definition) is 2. The van der Waals surface area contributed by atoms with Crippen LogP contribution in [0.4, 0.5) is 11.5 Å². The third-order valence-corrected chi connectivity index (χ3v) is 2.77. The van der Waals surface area contributed by atoms with Crippen LogP contribution in [0.5, 0.6) is 0 Å². The highest BCUT2D eigenvalue weighted by atomic mass is 16.6. The van der Waals surface area contributed by atoms with E-state index in [-0.39, 0.29) is 11.6 Å². The Bertz CT molecular complexity index is 614. The minimum atomic E-state index is -0.533. The van der Waals surface area contributed by atoms with Gasteiger partial charge in [0.15, 0.2) is 0 Å². The first-order chi connectivity index (χ1) is 10.1. The number of anilines is 1. The lowest BCUT2D eigenvalue weighted by atomic mass is 10.1. The summed E-state index contributed by atoms with van der Waals surface area (Å²) in [7, 11) is 0. The molecule has 108 valence electrons. The zero-order chi connectivity index (χ0) is 15.1. The number of nitrogens with zero attached hydrogens (tertiary/aromatic N) is 2. The Hall–Kier alpha value is -2.96. The van der Waals surface area contributed by atoms with Gasteiger partial charge >= 0.3 is 0 Å². The number of aromatic nitrogens is 1. The molecule has 2 N–H and O–H groups in total. The van der Waals surface area contributed by atoms with Gasteiger partial charge in [0, 0.05) is 12.5 Å². The number of carbonyl (C=O) groups is 1. The minimum absolute atomic E-state index is 0.101. The second-order valence-corrected chi connectivity index (χ2v) is 4.32. The van der Waals surface area contributed by atoms with Gasteiger partial charge in [-0.1, -0.05) is 30.3 Å². The van der Waals surface area contributed by atoms with E-state index in [0.29, 0.717) is 18.7 Å². The van der Waals surface area contributed by atoms with Crippen molar-refractivity contribution in [3.63, 3.8) is 0 Å². The normalized spacial score (nSPS) is 9.90. The van der Waals surface area contributed by atoms with Crippen LogP contribution < -0.4 is 10.9 Å². The highest BCUT2D eigenvalue weighted by molar-refractivity contribution is 5.77. The largest absolute Gasteiger partial charge is 0.287 e. The van der Waals surface area contributed by atoms with E-state index in [1.54, 1.807) is 0 Å². The van der Waals surface area contributed by atoms with Crippen LogP contribution in [0.1, 0.15) is 12.0 Å². The second-order valence-electron chi connectivity index (χ2n) is 4.32. The third kappa shape index (κ3) is 4.57. The standard InChI is InChI=1S/C14H14N4O3/c19-14(9-6-11-4-2-1-3-5-11)17-16-13-8-7-12(10-15-13)18(20)21/h1-5,7-8,10H,6,9H2,(H,15,16)(H,17,19). The van der Waals surface area contributed by atoms with Crippen LogP contribution in [-0.2, 0) is 11.2 Å². The molecule has 0 spiro atoms. The first-order valence-electron chi connectivity index (χ1n) is 6.34. The van der Waals surface area contributed by atoms with Gasteiger partial charge in [0.2, 0.25) is 5.91 Å². The van der Waals surface area contributed by atoms with Crippen LogP contribution >= 0.6 is 0 Å². The summed E-state index contributed by atoms with van der Waals surface area (Å²) < 4.78 is 0. The summed E-state index contributed by atoms with van der Waals surface area (Å²) in [5, 5.41) is 10.5. The average molecular weight is 286 g/mol. The van der Waals surface area contributed by atoms with Crippen molar-refractivity contribution >= 4 is 17.4 Å². The maximum absolute atomic E-state index is 11.7. The maximum atomic E-state index is 11.7. The van der Waals surface area contributed by atoms with Crippen molar-refractivity contribution in [2.24, 2.45) is 0 Å². The lowest BCUT2D eigenvalue weighted by molar-refractivity contribution is -0.385. The Morgan fingerprint density at radius 1 is 1.19 bits per heavy atom. The third-order valence-electron chi connectivity index (χ3n) is 2.77. The van der Waals surface area contributed by atoms with Gasteiger partial charge in [0.05, 0.1) is 4.92 Å². The summed E-state index contributed by atoms with van der Waals surface area (Å²) in [4.78, 5) is 25.4. The highest BCUT2D eigenvalue weighted by Gasteiger charge is 2.06. The molecule has 7 heteroatoms. The summed E-state index contributed by atoms with van der Waals surface area (Å²) in [6.07, 6.45) is 2.10. The molecule has 0 atom stereocenters. The summed E-state index contributed by atoms with van der Waals surface area (Å²) in [6.45, 7) is 0. The Morgan fingerprint density at radius 3 is 2.57 bits per heavy atom. The van der Waals surface area contributed by atoms with Gasteiger partial charge in [0.1, 0.15) is 12.0 Å². The molecule has 1 aromatic carbocycles. The van der Waals surface area contributed by atoms with Crippen LogP contribution in [0, 0.1) is 10.1 Å². The Balaban J connectivity index is 1.77. The van der Waals surface area contributed by atoms with Gasteiger partial charge in [-0.3, -0.25) is 25.8 Å². The Labute approximate surface area is 121 Å². The number of amides is 1. The van der Waals surface area contributed by atoms with Crippen molar-refractivity contribution in [1.82, 2.24) is 10.4 Å². The van der Waals surface area contributed by atoms with Gasteiger partial charge in [-0.05, 0) is 18.1 Å². The molecule has 0 bridgehead atoms. The van der Waals surface area contributed by atoms with Gasteiger partial charge < -0.3 is 0 Å². The van der Waals surface area contributed by atoms with Crippen LogP contribution in [0.25, 0.3) is 0 Å². The van der Waals surface area contributed by atoms with E-state index in [2.05, 4.69) is 15.8 Å². The molecule has 21 heavy (non-hydrogen) atoms. The summed E-state index contributed by atoms with van der Waals surface area (Å²) in [5.74, 6) is 0.160. The summed E-state index contributed by atoms with van der Waals surface area (Å²) >= 11 is 0. The lowest BCUT2D eigenvalue weighted by Gasteiger charge is -2.07. The molecule has 0 aliphatic heterocycles. The quantitative estimate of drug-likeness (QED) is 0.625. The van der Waals surface area contributed by atoms with Gasteiger partial charge in [-0.15, -0.1) is 0 Å². The zero-order valence-electron chi connectivity index (χ0n) is 11.2. The molecule has 0 saturated carbocycles. The smallest absolute Gasteiger partial charge is 0.282 e. The molecule has 0 aliphatic carbocycles. The number of pyridine rings is 1. The lowest BCUT2D eigenvalue weighted by Crippen LogP contribution is -2.29. The van der Waals surface area contributed by atoms with Crippen molar-refractivity contribution in [1.29, 1.82) is 0 Å². The van der Waals surface area contributed by atoms with E-state index in [4.69, 9.17) is 0 Å². The molecule has 7 nitrogen and oxygen atoms in total. The number of rotatable bonds is 6. The molecule has 1 aromatic heterocycles. The minimum Gasteiger partial charge on any atom is -0.282 e. The topological polar surface area (TPSA) is 97.2 Å². The zero-order valence-corrected chi connectivity index (χ0v) is 11.2. The van der Waals surface area contributed by atoms with Crippen molar-refractivity contribution in [3.8, 4) is 0 Å². The van der Waals surface area contributed by atoms with Gasteiger partial charge in [0.25, 0.3) is 5.69 Å². The first kappa shape index (κ1) is 14.4. The molecule has 0 unspecified atom stereocenters. The van der Waals surface area contributed by atoms with E-state index >= 15 is 0 Å². The molecule has 2 rings (SSSR count). The van der Waals surface area contributed by atoms with E-state index in [0.717, 1.165) is 11.8 Å². The van der Waals surface area contributed by atoms with Crippen LogP contribution in [-0.4, -0.2) is 15.8 Å². The fourth-order valence-electron chi connectivity index (χ4n) is 1.67. The van der Waals surface area contributed by atoms with E-state index < -0.39 is 4.92 Å². The highest BCUT2D eigenvalue weighted by Crippen LogP contribution is 2.11. The molecular formula is C14H14N4O3. The number of carbonyl (C=O) groups excluding carboxylic acids is 1. The summed E-state index contributed by atoms with van der Waals surface area (Å²) in [6, 6.07) is 12.4. The predicted molar refractivity (Wildman–Crippen MR) is 77.4 cm³/mol. The molecule has 0 radical (unpaired) electrons. The average Bonchev–Trinajstić information content (AvgIpc) is 2.52. The monoisotopic (exact) mass is 286 g/mol. The van der Waals surface area contributed by atoms with E-state index in [1.165, 1.54) is 12.1 Å². The molecule has 0 aliphatic rings. The van der Waals surface area contributed by atoms with Crippen molar-refractivity contribution in [2.75, 3.05) is 5.43 Å². The van der Waals surface area contributed by atoms with Crippen molar-refractivity contribution in [3.05, 3.63) is 64.3 Å². The van der Waals surface area contributed by atoms with Crippen molar-refractivity contribution < 1.29 is 9.72 Å². The molecular weight excluding hydrogens is 272 g/mol. The van der Waals surface area contributed by atoms with Crippen LogP contribution in [0.15, 0.2) is 48.7 Å². The maximum Gasteiger partial charge on any atom is 0.287 e. The van der Waals surface area contributed by atoms with Crippen LogP contribution in [0.3, 0.4) is 0 Å². The molecule has 1 heterocycles. The van der Waals surface area contributed by atoms with Gasteiger partial charge in [-0.2, -0.15) is 0 Å². The molecule has 0 fully saturated rings. The SMILES string of the molecule is O=C(CCc1ccccc1)NNc1ccc([N+](=O)[O-])cn1.